The highest BCUT2D eigenvalue weighted by atomic mass is 16.5. The minimum atomic E-state index is 0.826. The van der Waals surface area contributed by atoms with Crippen LogP contribution in [0, 0.1) is 5.92 Å². The lowest BCUT2D eigenvalue weighted by Gasteiger charge is -2.11. The summed E-state index contributed by atoms with van der Waals surface area (Å²) in [6.45, 7) is 7.55. The molecule has 0 aliphatic rings. The quantitative estimate of drug-likeness (QED) is 0.549. The molecular formula is C12H27NO. The third kappa shape index (κ3) is 8.52. The van der Waals surface area contributed by atoms with Crippen LogP contribution in [0.3, 0.4) is 0 Å². The number of hydrogen-bond donors (Lipinski definition) is 1. The van der Waals surface area contributed by atoms with Gasteiger partial charge in [-0.2, -0.15) is 0 Å². The molecule has 0 fully saturated rings. The van der Waals surface area contributed by atoms with Crippen molar-refractivity contribution in [3.63, 3.8) is 0 Å². The lowest BCUT2D eigenvalue weighted by Crippen LogP contribution is -2.20. The molecule has 14 heavy (non-hydrogen) atoms. The van der Waals surface area contributed by atoms with E-state index < -0.39 is 0 Å². The van der Waals surface area contributed by atoms with Gasteiger partial charge in [-0.05, 0) is 18.9 Å². The standard InChI is InChI=1S/C12H27NO/c1-4-12(5-2)8-6-7-9-13-10-11-14-3/h12-13H,4-11H2,1-3H3. The Balaban J connectivity index is 3.04. The van der Waals surface area contributed by atoms with Crippen molar-refractivity contribution in [2.75, 3.05) is 26.8 Å². The summed E-state index contributed by atoms with van der Waals surface area (Å²) in [4.78, 5) is 0. The van der Waals surface area contributed by atoms with E-state index in [0.29, 0.717) is 0 Å². The third-order valence-electron chi connectivity index (χ3n) is 2.85. The van der Waals surface area contributed by atoms with Crippen molar-refractivity contribution >= 4 is 0 Å². The van der Waals surface area contributed by atoms with Crippen LogP contribution in [0.2, 0.25) is 0 Å². The lowest BCUT2D eigenvalue weighted by atomic mass is 9.97. The van der Waals surface area contributed by atoms with Crippen molar-refractivity contribution in [1.29, 1.82) is 0 Å². The smallest absolute Gasteiger partial charge is 0.0587 e. The van der Waals surface area contributed by atoms with Crippen molar-refractivity contribution in [1.82, 2.24) is 5.32 Å². The molecule has 2 nitrogen and oxygen atoms in total. The van der Waals surface area contributed by atoms with Crippen LogP contribution in [-0.2, 0) is 4.74 Å². The molecule has 0 aromatic heterocycles. The van der Waals surface area contributed by atoms with E-state index in [9.17, 15) is 0 Å². The third-order valence-corrected chi connectivity index (χ3v) is 2.85. The van der Waals surface area contributed by atoms with Gasteiger partial charge in [-0.3, -0.25) is 0 Å². The van der Waals surface area contributed by atoms with Crippen LogP contribution in [0.1, 0.15) is 46.0 Å². The molecule has 2 heteroatoms. The Labute approximate surface area is 89.4 Å². The highest BCUT2D eigenvalue weighted by molar-refractivity contribution is 4.56. The number of hydrogen-bond acceptors (Lipinski definition) is 2. The Hall–Kier alpha value is -0.0800. The monoisotopic (exact) mass is 201 g/mol. The van der Waals surface area contributed by atoms with E-state index in [0.717, 1.165) is 25.6 Å². The molecule has 0 aromatic carbocycles. The Morgan fingerprint density at radius 1 is 1.07 bits per heavy atom. The molecule has 0 saturated heterocycles. The zero-order valence-electron chi connectivity index (χ0n) is 10.1. The topological polar surface area (TPSA) is 21.3 Å². The molecule has 0 bridgehead atoms. The van der Waals surface area contributed by atoms with Crippen LogP contribution in [0.15, 0.2) is 0 Å². The van der Waals surface area contributed by atoms with E-state index in [4.69, 9.17) is 4.74 Å². The second-order valence-electron chi connectivity index (χ2n) is 3.92. The van der Waals surface area contributed by atoms with E-state index in [-0.39, 0.29) is 0 Å². The molecule has 0 amide bonds. The maximum atomic E-state index is 4.96. The average molecular weight is 201 g/mol. The van der Waals surface area contributed by atoms with Gasteiger partial charge < -0.3 is 10.1 Å². The van der Waals surface area contributed by atoms with E-state index >= 15 is 0 Å². The average Bonchev–Trinajstić information content (AvgIpc) is 2.22. The van der Waals surface area contributed by atoms with Gasteiger partial charge in [0.15, 0.2) is 0 Å². The highest BCUT2D eigenvalue weighted by Crippen LogP contribution is 2.15. The molecule has 0 atom stereocenters. The Bertz CT molecular complexity index is 102. The first kappa shape index (κ1) is 13.9. The van der Waals surface area contributed by atoms with Crippen LogP contribution >= 0.6 is 0 Å². The zero-order valence-corrected chi connectivity index (χ0v) is 10.1. The number of rotatable bonds is 10. The molecule has 0 radical (unpaired) electrons. The Morgan fingerprint density at radius 3 is 2.36 bits per heavy atom. The van der Waals surface area contributed by atoms with Crippen molar-refractivity contribution in [3.8, 4) is 0 Å². The minimum absolute atomic E-state index is 0.826. The Morgan fingerprint density at radius 2 is 1.79 bits per heavy atom. The van der Waals surface area contributed by atoms with Crippen LogP contribution in [-0.4, -0.2) is 26.8 Å². The normalized spacial score (nSPS) is 11.1. The predicted octanol–water partition coefficient (Wildman–Crippen LogP) is 2.83. The van der Waals surface area contributed by atoms with Crippen LogP contribution in [0.5, 0.6) is 0 Å². The molecule has 1 N–H and O–H groups in total. The van der Waals surface area contributed by atoms with Gasteiger partial charge in [-0.1, -0.05) is 39.5 Å². The molecule has 0 aliphatic heterocycles. The summed E-state index contributed by atoms with van der Waals surface area (Å²) in [5.41, 5.74) is 0. The van der Waals surface area contributed by atoms with Gasteiger partial charge in [-0.25, -0.2) is 0 Å². The van der Waals surface area contributed by atoms with Gasteiger partial charge in [0.25, 0.3) is 0 Å². The van der Waals surface area contributed by atoms with Crippen LogP contribution in [0.4, 0.5) is 0 Å². The predicted molar refractivity (Wildman–Crippen MR) is 62.7 cm³/mol. The second-order valence-corrected chi connectivity index (χ2v) is 3.92. The van der Waals surface area contributed by atoms with Crippen molar-refractivity contribution in [2.24, 2.45) is 5.92 Å². The maximum absolute atomic E-state index is 4.96. The van der Waals surface area contributed by atoms with E-state index in [1.165, 1.54) is 32.1 Å². The van der Waals surface area contributed by atoms with Gasteiger partial charge in [0.1, 0.15) is 0 Å². The molecular weight excluding hydrogens is 174 g/mol. The van der Waals surface area contributed by atoms with E-state index in [1.54, 1.807) is 7.11 Å². The van der Waals surface area contributed by atoms with Gasteiger partial charge in [0.05, 0.1) is 6.61 Å². The summed E-state index contributed by atoms with van der Waals surface area (Å²) in [5.74, 6) is 0.953. The molecule has 0 spiro atoms. The number of ether oxygens (including phenoxy) is 1. The lowest BCUT2D eigenvalue weighted by molar-refractivity contribution is 0.199. The summed E-state index contributed by atoms with van der Waals surface area (Å²) in [5, 5.41) is 3.37. The first-order chi connectivity index (χ1) is 6.85. The Kier molecular flexibility index (Phi) is 10.9. The largest absolute Gasteiger partial charge is 0.383 e. The first-order valence-electron chi connectivity index (χ1n) is 6.04. The van der Waals surface area contributed by atoms with Gasteiger partial charge >= 0.3 is 0 Å². The van der Waals surface area contributed by atoms with E-state index in [2.05, 4.69) is 19.2 Å². The molecule has 0 rings (SSSR count). The van der Waals surface area contributed by atoms with Gasteiger partial charge in [0.2, 0.25) is 0 Å². The molecule has 0 aromatic rings. The zero-order chi connectivity index (χ0) is 10.6. The highest BCUT2D eigenvalue weighted by Gasteiger charge is 2.01. The van der Waals surface area contributed by atoms with Crippen molar-refractivity contribution in [2.45, 2.75) is 46.0 Å². The summed E-state index contributed by atoms with van der Waals surface area (Å²) >= 11 is 0. The fourth-order valence-corrected chi connectivity index (χ4v) is 1.68. The summed E-state index contributed by atoms with van der Waals surface area (Å²) in [7, 11) is 1.74. The number of nitrogens with one attached hydrogen (secondary N) is 1. The van der Waals surface area contributed by atoms with Gasteiger partial charge in [-0.15, -0.1) is 0 Å². The van der Waals surface area contributed by atoms with Crippen molar-refractivity contribution < 1.29 is 4.74 Å². The summed E-state index contributed by atoms with van der Waals surface area (Å²) in [6.07, 6.45) is 6.76. The molecule has 0 saturated carbocycles. The maximum Gasteiger partial charge on any atom is 0.0587 e. The van der Waals surface area contributed by atoms with E-state index in [1.807, 2.05) is 0 Å². The first-order valence-corrected chi connectivity index (χ1v) is 6.04. The SMILES string of the molecule is CCC(CC)CCCCNCCOC. The molecule has 0 unspecified atom stereocenters. The summed E-state index contributed by atoms with van der Waals surface area (Å²) in [6, 6.07) is 0. The number of methoxy groups -OCH3 is 1. The fraction of sp³-hybridized carbons (Fsp3) is 1.00. The fourth-order valence-electron chi connectivity index (χ4n) is 1.68. The van der Waals surface area contributed by atoms with Crippen LogP contribution in [0.25, 0.3) is 0 Å². The molecule has 0 aliphatic carbocycles. The molecule has 0 heterocycles. The minimum Gasteiger partial charge on any atom is -0.383 e. The number of unbranched alkanes of at least 4 members (excludes halogenated alkanes) is 1. The van der Waals surface area contributed by atoms with Crippen molar-refractivity contribution in [3.05, 3.63) is 0 Å². The van der Waals surface area contributed by atoms with Gasteiger partial charge in [0, 0.05) is 13.7 Å². The summed E-state index contributed by atoms with van der Waals surface area (Å²) < 4.78 is 4.96. The van der Waals surface area contributed by atoms with Crippen LogP contribution < -0.4 is 5.32 Å². The molecule has 86 valence electrons. The second kappa shape index (κ2) is 11.0.